The first-order chi connectivity index (χ1) is 7.66. The van der Waals surface area contributed by atoms with E-state index in [4.69, 9.17) is 11.6 Å². The first kappa shape index (κ1) is 11.9. The summed E-state index contributed by atoms with van der Waals surface area (Å²) in [6.07, 6.45) is 1.88. The van der Waals surface area contributed by atoms with Gasteiger partial charge in [-0.25, -0.2) is 0 Å². The van der Waals surface area contributed by atoms with Gasteiger partial charge in [0.1, 0.15) is 0 Å². The second-order valence-corrected chi connectivity index (χ2v) is 5.58. The van der Waals surface area contributed by atoms with E-state index in [0.717, 1.165) is 10.2 Å². The predicted molar refractivity (Wildman–Crippen MR) is 73.3 cm³/mol. The summed E-state index contributed by atoms with van der Waals surface area (Å²) in [6, 6.07) is 6.07. The van der Waals surface area contributed by atoms with Crippen molar-refractivity contribution in [3.8, 4) is 0 Å². The van der Waals surface area contributed by atoms with E-state index < -0.39 is 0 Å². The molecule has 2 rings (SSSR count). The molecule has 0 saturated heterocycles. The molecule has 0 radical (unpaired) electrons. The third kappa shape index (κ3) is 2.75. The normalized spacial score (nSPS) is 12.4. The van der Waals surface area contributed by atoms with Crippen LogP contribution in [0.15, 0.2) is 34.4 Å². The molecule has 0 saturated carbocycles. The largest absolute Gasteiger partial charge is 0.378 e. The lowest BCUT2D eigenvalue weighted by Crippen LogP contribution is -2.04. The maximum atomic E-state index is 6.03. The summed E-state index contributed by atoms with van der Waals surface area (Å²) in [5.74, 6) is 0. The van der Waals surface area contributed by atoms with Crippen molar-refractivity contribution in [1.29, 1.82) is 0 Å². The third-order valence-corrected chi connectivity index (χ3v) is 4.37. The molecule has 0 aliphatic rings. The van der Waals surface area contributed by atoms with Gasteiger partial charge >= 0.3 is 0 Å². The molecule has 0 bridgehead atoms. The zero-order valence-corrected chi connectivity index (χ0v) is 11.7. The Morgan fingerprint density at radius 1 is 1.50 bits per heavy atom. The van der Waals surface area contributed by atoms with Gasteiger partial charge in [-0.05, 0) is 41.1 Å². The van der Waals surface area contributed by atoms with E-state index in [1.54, 1.807) is 11.3 Å². The van der Waals surface area contributed by atoms with Gasteiger partial charge in [0.15, 0.2) is 0 Å². The zero-order chi connectivity index (χ0) is 11.5. The second-order valence-electron chi connectivity index (χ2n) is 3.40. The number of benzene rings is 1. The molecule has 0 spiro atoms. The van der Waals surface area contributed by atoms with Crippen LogP contribution in [0.5, 0.6) is 0 Å². The van der Waals surface area contributed by atoms with E-state index in [-0.39, 0.29) is 6.04 Å². The number of hydrogen-bond acceptors (Lipinski definition) is 3. The Morgan fingerprint density at radius 2 is 2.31 bits per heavy atom. The SMILES string of the molecule is CC(Nc1ccc(Br)c(Cl)c1)c1cncs1. The highest BCUT2D eigenvalue weighted by molar-refractivity contribution is 9.10. The summed E-state index contributed by atoms with van der Waals surface area (Å²) >= 11 is 11.0. The van der Waals surface area contributed by atoms with E-state index >= 15 is 0 Å². The summed E-state index contributed by atoms with van der Waals surface area (Å²) in [4.78, 5) is 5.27. The fourth-order valence-corrected chi connectivity index (χ4v) is 2.40. The molecule has 1 unspecified atom stereocenters. The number of nitrogens with one attached hydrogen (secondary N) is 1. The summed E-state index contributed by atoms with van der Waals surface area (Å²) < 4.78 is 0.908. The lowest BCUT2D eigenvalue weighted by Gasteiger charge is -2.13. The second kappa shape index (κ2) is 5.17. The van der Waals surface area contributed by atoms with Gasteiger partial charge in [0.2, 0.25) is 0 Å². The molecule has 0 aliphatic carbocycles. The Morgan fingerprint density at radius 3 is 2.94 bits per heavy atom. The molecule has 16 heavy (non-hydrogen) atoms. The highest BCUT2D eigenvalue weighted by atomic mass is 79.9. The van der Waals surface area contributed by atoms with Crippen molar-refractivity contribution in [3.63, 3.8) is 0 Å². The Labute approximate surface area is 112 Å². The average Bonchev–Trinajstić information content (AvgIpc) is 2.77. The van der Waals surface area contributed by atoms with Crippen molar-refractivity contribution in [2.45, 2.75) is 13.0 Å². The number of hydrogen-bond donors (Lipinski definition) is 1. The Bertz CT molecular complexity index is 473. The number of rotatable bonds is 3. The maximum Gasteiger partial charge on any atom is 0.0795 e. The maximum absolute atomic E-state index is 6.03. The summed E-state index contributed by atoms with van der Waals surface area (Å²) in [5.41, 5.74) is 2.84. The van der Waals surface area contributed by atoms with Gasteiger partial charge in [-0.15, -0.1) is 11.3 Å². The minimum atomic E-state index is 0.241. The van der Waals surface area contributed by atoms with Crippen molar-refractivity contribution < 1.29 is 0 Å². The molecule has 1 aromatic heterocycles. The van der Waals surface area contributed by atoms with Gasteiger partial charge in [0, 0.05) is 21.2 Å². The van der Waals surface area contributed by atoms with Gasteiger partial charge < -0.3 is 5.32 Å². The lowest BCUT2D eigenvalue weighted by atomic mass is 10.2. The van der Waals surface area contributed by atoms with Crippen molar-refractivity contribution in [2.24, 2.45) is 0 Å². The number of anilines is 1. The molecule has 0 aliphatic heterocycles. The zero-order valence-electron chi connectivity index (χ0n) is 8.58. The average molecular weight is 318 g/mol. The van der Waals surface area contributed by atoms with Gasteiger partial charge in [-0.3, -0.25) is 4.98 Å². The van der Waals surface area contributed by atoms with E-state index in [1.807, 2.05) is 29.9 Å². The molecule has 1 atom stereocenters. The summed E-state index contributed by atoms with van der Waals surface area (Å²) in [7, 11) is 0. The first-order valence-corrected chi connectivity index (χ1v) is 6.82. The Hall–Kier alpha value is -0.580. The van der Waals surface area contributed by atoms with Crippen molar-refractivity contribution in [3.05, 3.63) is 44.3 Å². The molecule has 84 valence electrons. The molecule has 2 nitrogen and oxygen atoms in total. The first-order valence-electron chi connectivity index (χ1n) is 4.77. The fourth-order valence-electron chi connectivity index (χ4n) is 1.35. The van der Waals surface area contributed by atoms with Gasteiger partial charge in [0.05, 0.1) is 16.6 Å². The van der Waals surface area contributed by atoms with Gasteiger partial charge in [0.25, 0.3) is 0 Å². The molecular formula is C11H10BrClN2S. The predicted octanol–water partition coefficient (Wildman–Crippen LogP) is 4.73. The van der Waals surface area contributed by atoms with Crippen molar-refractivity contribution in [1.82, 2.24) is 4.98 Å². The molecule has 1 aromatic carbocycles. The molecule has 1 heterocycles. The van der Waals surface area contributed by atoms with Crippen LogP contribution in [-0.2, 0) is 0 Å². The molecule has 0 fully saturated rings. The van der Waals surface area contributed by atoms with E-state index in [2.05, 4.69) is 33.2 Å². The van der Waals surface area contributed by atoms with Crippen LogP contribution in [0.3, 0.4) is 0 Å². The standard InChI is InChI=1S/C11H10BrClN2S/c1-7(11-5-14-6-16-11)15-8-2-3-9(12)10(13)4-8/h2-7,15H,1H3. The van der Waals surface area contributed by atoms with Crippen LogP contribution in [0.25, 0.3) is 0 Å². The van der Waals surface area contributed by atoms with Gasteiger partial charge in [-0.1, -0.05) is 11.6 Å². The smallest absolute Gasteiger partial charge is 0.0795 e. The minimum Gasteiger partial charge on any atom is -0.378 e. The van der Waals surface area contributed by atoms with Crippen LogP contribution in [-0.4, -0.2) is 4.98 Å². The van der Waals surface area contributed by atoms with Crippen LogP contribution in [0.4, 0.5) is 5.69 Å². The van der Waals surface area contributed by atoms with Crippen molar-refractivity contribution in [2.75, 3.05) is 5.32 Å². The number of aromatic nitrogens is 1. The van der Waals surface area contributed by atoms with Gasteiger partial charge in [-0.2, -0.15) is 0 Å². The quantitative estimate of drug-likeness (QED) is 0.885. The number of thiazole rings is 1. The Balaban J connectivity index is 2.12. The van der Waals surface area contributed by atoms with E-state index in [1.165, 1.54) is 4.88 Å². The van der Waals surface area contributed by atoms with Crippen LogP contribution in [0.2, 0.25) is 5.02 Å². The van der Waals surface area contributed by atoms with Crippen LogP contribution in [0, 0.1) is 0 Å². The van der Waals surface area contributed by atoms with Crippen LogP contribution in [0.1, 0.15) is 17.8 Å². The topological polar surface area (TPSA) is 24.9 Å². The number of halogens is 2. The summed E-state index contributed by atoms with van der Waals surface area (Å²) in [6.45, 7) is 2.10. The number of nitrogens with zero attached hydrogens (tertiary/aromatic N) is 1. The van der Waals surface area contributed by atoms with E-state index in [9.17, 15) is 0 Å². The minimum absolute atomic E-state index is 0.241. The molecule has 2 aromatic rings. The summed E-state index contributed by atoms with van der Waals surface area (Å²) in [5, 5.41) is 4.09. The molecule has 5 heteroatoms. The molecular weight excluding hydrogens is 308 g/mol. The monoisotopic (exact) mass is 316 g/mol. The molecule has 0 amide bonds. The fraction of sp³-hybridized carbons (Fsp3) is 0.182. The third-order valence-electron chi connectivity index (χ3n) is 2.18. The van der Waals surface area contributed by atoms with Crippen LogP contribution >= 0.6 is 38.9 Å². The highest BCUT2D eigenvalue weighted by Gasteiger charge is 2.07. The van der Waals surface area contributed by atoms with Crippen LogP contribution < -0.4 is 5.32 Å². The van der Waals surface area contributed by atoms with Crippen molar-refractivity contribution >= 4 is 44.6 Å². The van der Waals surface area contributed by atoms with E-state index in [0.29, 0.717) is 5.02 Å². The highest BCUT2D eigenvalue weighted by Crippen LogP contribution is 2.28. The lowest BCUT2D eigenvalue weighted by molar-refractivity contribution is 0.903. The Kier molecular flexibility index (Phi) is 3.84. The molecule has 1 N–H and O–H groups in total.